The number of fused-ring (bicyclic) bond motifs is 12. The van der Waals surface area contributed by atoms with E-state index in [0.717, 1.165) is 12.8 Å². The Balaban J connectivity index is 1.13. The third-order valence-corrected chi connectivity index (χ3v) is 13.5. The topological polar surface area (TPSA) is 9.86 Å². The molecule has 0 saturated carbocycles. The monoisotopic (exact) mass is 708 g/mol. The Kier molecular flexibility index (Phi) is 6.14. The molecule has 0 radical (unpaired) electrons. The van der Waals surface area contributed by atoms with Gasteiger partial charge in [0.05, 0.1) is 32.5 Å². The maximum Gasteiger partial charge on any atom is 0.0640 e. The maximum atomic E-state index is 2.55. The van der Waals surface area contributed by atoms with Crippen molar-refractivity contribution >= 4 is 80.8 Å². The Bertz CT molecular complexity index is 3300. The lowest BCUT2D eigenvalue weighted by atomic mass is 9.82. The Morgan fingerprint density at radius 1 is 0.500 bits per heavy atom. The second kappa shape index (κ2) is 10.9. The summed E-state index contributed by atoms with van der Waals surface area (Å²) in [5.74, 6) is 0. The number of thiophene rings is 1. The number of allylic oxidation sites excluding steroid dienone is 4. The van der Waals surface area contributed by atoms with E-state index in [1.54, 1.807) is 0 Å². The van der Waals surface area contributed by atoms with E-state index in [2.05, 4.69) is 181 Å². The SMILES string of the molecule is CC1(C)c2ccccc2-c2cc3c4cc(-c5ccc6c(c5)c5ccccc5n6C5=CCCC=C5)ccc4n(-c4cccc5c4sc4ccccc45)c3cc21. The van der Waals surface area contributed by atoms with Crippen molar-refractivity contribution in [2.24, 2.45) is 0 Å². The molecule has 0 spiro atoms. The molecule has 0 fully saturated rings. The largest absolute Gasteiger partial charge is 0.310 e. The highest BCUT2D eigenvalue weighted by Crippen LogP contribution is 2.52. The number of nitrogens with zero attached hydrogens (tertiary/aromatic N) is 2. The zero-order valence-corrected chi connectivity index (χ0v) is 31.0. The second-order valence-electron chi connectivity index (χ2n) is 15.6. The molecule has 2 aliphatic rings. The first-order valence-electron chi connectivity index (χ1n) is 19.1. The van der Waals surface area contributed by atoms with Crippen LogP contribution >= 0.6 is 11.3 Å². The second-order valence-corrected chi connectivity index (χ2v) is 16.7. The van der Waals surface area contributed by atoms with Gasteiger partial charge in [0.15, 0.2) is 0 Å². The van der Waals surface area contributed by atoms with Gasteiger partial charge in [-0.25, -0.2) is 0 Å². The van der Waals surface area contributed by atoms with Gasteiger partial charge in [0, 0.05) is 48.1 Å². The minimum Gasteiger partial charge on any atom is -0.310 e. The highest BCUT2D eigenvalue weighted by molar-refractivity contribution is 7.26. The highest BCUT2D eigenvalue weighted by atomic mass is 32.1. The number of para-hydroxylation sites is 1. The molecule has 10 aromatic rings. The van der Waals surface area contributed by atoms with E-state index in [4.69, 9.17) is 0 Å². The fourth-order valence-electron chi connectivity index (χ4n) is 9.76. The molecule has 0 amide bonds. The summed E-state index contributed by atoms with van der Waals surface area (Å²) in [5, 5.41) is 7.81. The molecule has 256 valence electrons. The normalized spacial score (nSPS) is 14.9. The van der Waals surface area contributed by atoms with Gasteiger partial charge in [-0.2, -0.15) is 0 Å². The van der Waals surface area contributed by atoms with Gasteiger partial charge in [0.2, 0.25) is 0 Å². The highest BCUT2D eigenvalue weighted by Gasteiger charge is 2.36. The minimum atomic E-state index is -0.0891. The summed E-state index contributed by atoms with van der Waals surface area (Å²) in [7, 11) is 0. The van der Waals surface area contributed by atoms with Crippen molar-refractivity contribution in [2.75, 3.05) is 0 Å². The van der Waals surface area contributed by atoms with Crippen LogP contribution in [0.15, 0.2) is 158 Å². The van der Waals surface area contributed by atoms with Crippen molar-refractivity contribution in [3.8, 4) is 27.9 Å². The summed E-state index contributed by atoms with van der Waals surface area (Å²) in [4.78, 5) is 0. The van der Waals surface area contributed by atoms with Crippen molar-refractivity contribution in [3.05, 3.63) is 169 Å². The summed E-state index contributed by atoms with van der Waals surface area (Å²) < 4.78 is 7.64. The summed E-state index contributed by atoms with van der Waals surface area (Å²) >= 11 is 1.90. The van der Waals surface area contributed by atoms with Crippen LogP contribution in [0.5, 0.6) is 0 Å². The van der Waals surface area contributed by atoms with Gasteiger partial charge in [-0.05, 0) is 107 Å². The standard InChI is InChI=1S/C51H36N2S/c1-51(2)42-19-9-6-15-34(42)38-29-41-40-28-32(31-23-25-45-39(27-31)35-16-7-10-20-44(35)52(45)33-13-4-3-5-14-33)24-26-46(40)53(48(41)30-43(38)51)47-21-12-18-37-36-17-8-11-22-49(36)54-50(37)47/h4,6-30H,3,5H2,1-2H3. The molecule has 2 aliphatic carbocycles. The predicted molar refractivity (Wildman–Crippen MR) is 232 cm³/mol. The van der Waals surface area contributed by atoms with Gasteiger partial charge in [-0.1, -0.05) is 111 Å². The molecular weight excluding hydrogens is 673 g/mol. The van der Waals surface area contributed by atoms with E-state index < -0.39 is 0 Å². The van der Waals surface area contributed by atoms with Gasteiger partial charge >= 0.3 is 0 Å². The molecule has 0 atom stereocenters. The Hall–Kier alpha value is -6.16. The van der Waals surface area contributed by atoms with E-state index in [-0.39, 0.29) is 5.41 Å². The van der Waals surface area contributed by atoms with Crippen LogP contribution in [-0.4, -0.2) is 9.13 Å². The molecule has 7 aromatic carbocycles. The lowest BCUT2D eigenvalue weighted by Gasteiger charge is -2.21. The molecule has 0 N–H and O–H groups in total. The molecule has 3 heteroatoms. The first-order chi connectivity index (χ1) is 26.5. The quantitative estimate of drug-likeness (QED) is 0.173. The van der Waals surface area contributed by atoms with Gasteiger partial charge in [0.25, 0.3) is 0 Å². The zero-order valence-electron chi connectivity index (χ0n) is 30.2. The van der Waals surface area contributed by atoms with E-state index in [1.807, 2.05) is 11.3 Å². The molecule has 0 unspecified atom stereocenters. The number of aromatic nitrogens is 2. The molecule has 3 aromatic heterocycles. The van der Waals surface area contributed by atoms with E-state index in [9.17, 15) is 0 Å². The maximum absolute atomic E-state index is 2.55. The van der Waals surface area contributed by atoms with Crippen LogP contribution in [0.4, 0.5) is 0 Å². The fourth-order valence-corrected chi connectivity index (χ4v) is 11.0. The van der Waals surface area contributed by atoms with Crippen molar-refractivity contribution in [1.29, 1.82) is 0 Å². The molecular formula is C51H36N2S. The van der Waals surface area contributed by atoms with Gasteiger partial charge in [-0.3, -0.25) is 0 Å². The third-order valence-electron chi connectivity index (χ3n) is 12.3. The Morgan fingerprint density at radius 2 is 1.19 bits per heavy atom. The summed E-state index contributed by atoms with van der Waals surface area (Å²) in [5.41, 5.74) is 15.4. The number of benzene rings is 7. The first kappa shape index (κ1) is 30.3. The van der Waals surface area contributed by atoms with Crippen LogP contribution < -0.4 is 0 Å². The Labute approximate surface area is 317 Å². The number of rotatable bonds is 3. The smallest absolute Gasteiger partial charge is 0.0640 e. The molecule has 12 rings (SSSR count). The molecule has 54 heavy (non-hydrogen) atoms. The van der Waals surface area contributed by atoms with E-state index >= 15 is 0 Å². The molecule has 0 bridgehead atoms. The molecule has 2 nitrogen and oxygen atoms in total. The average molecular weight is 709 g/mol. The molecule has 3 heterocycles. The predicted octanol–water partition coefficient (Wildman–Crippen LogP) is 14.4. The van der Waals surface area contributed by atoms with Crippen LogP contribution in [-0.2, 0) is 5.41 Å². The average Bonchev–Trinajstić information content (AvgIpc) is 3.92. The van der Waals surface area contributed by atoms with Crippen LogP contribution in [0.2, 0.25) is 0 Å². The van der Waals surface area contributed by atoms with Crippen molar-refractivity contribution in [1.82, 2.24) is 9.13 Å². The third kappa shape index (κ3) is 4.05. The summed E-state index contributed by atoms with van der Waals surface area (Å²) in [6, 6.07) is 52.7. The fraction of sp³-hybridized carbons (Fsp3) is 0.0980. The van der Waals surface area contributed by atoms with Crippen LogP contribution in [0.25, 0.3) is 97.4 Å². The Morgan fingerprint density at radius 3 is 2.02 bits per heavy atom. The van der Waals surface area contributed by atoms with Crippen molar-refractivity contribution in [2.45, 2.75) is 32.1 Å². The van der Waals surface area contributed by atoms with E-state index in [1.165, 1.54) is 109 Å². The van der Waals surface area contributed by atoms with Crippen LogP contribution in [0.3, 0.4) is 0 Å². The van der Waals surface area contributed by atoms with E-state index in [0.29, 0.717) is 0 Å². The van der Waals surface area contributed by atoms with Crippen molar-refractivity contribution in [3.63, 3.8) is 0 Å². The first-order valence-corrected chi connectivity index (χ1v) is 19.9. The number of hydrogen-bond donors (Lipinski definition) is 0. The molecule has 0 aliphatic heterocycles. The lowest BCUT2D eigenvalue weighted by molar-refractivity contribution is 0.661. The summed E-state index contributed by atoms with van der Waals surface area (Å²) in [6.07, 6.45) is 9.14. The lowest BCUT2D eigenvalue weighted by Crippen LogP contribution is -2.14. The van der Waals surface area contributed by atoms with Crippen LogP contribution in [0.1, 0.15) is 37.8 Å². The van der Waals surface area contributed by atoms with Gasteiger partial charge < -0.3 is 9.13 Å². The molecule has 0 saturated heterocycles. The van der Waals surface area contributed by atoms with Crippen LogP contribution in [0, 0.1) is 0 Å². The van der Waals surface area contributed by atoms with Crippen molar-refractivity contribution < 1.29 is 0 Å². The zero-order chi connectivity index (χ0) is 35.7. The van der Waals surface area contributed by atoms with Gasteiger partial charge in [0.1, 0.15) is 0 Å². The number of hydrogen-bond acceptors (Lipinski definition) is 1. The summed E-state index contributed by atoms with van der Waals surface area (Å²) in [6.45, 7) is 4.77. The van der Waals surface area contributed by atoms with Gasteiger partial charge in [-0.15, -0.1) is 11.3 Å². The minimum absolute atomic E-state index is 0.0891.